The Morgan fingerprint density at radius 3 is 2.48 bits per heavy atom. The molecule has 1 amide bonds. The number of benzene rings is 1. The van der Waals surface area contributed by atoms with Crippen LogP contribution < -0.4 is 5.32 Å². The maximum absolute atomic E-state index is 13.5. The minimum absolute atomic E-state index is 0.0468. The summed E-state index contributed by atoms with van der Waals surface area (Å²) >= 11 is 5.87. The van der Waals surface area contributed by atoms with Crippen LogP contribution in [-0.2, 0) is 17.9 Å². The summed E-state index contributed by atoms with van der Waals surface area (Å²) in [6.45, 7) is 1.48. The van der Waals surface area contributed by atoms with Crippen molar-refractivity contribution in [3.8, 4) is 0 Å². The van der Waals surface area contributed by atoms with Crippen molar-refractivity contribution in [1.29, 1.82) is 0 Å². The van der Waals surface area contributed by atoms with Crippen molar-refractivity contribution in [3.63, 3.8) is 0 Å². The second-order valence-electron chi connectivity index (χ2n) is 7.25. The van der Waals surface area contributed by atoms with Crippen LogP contribution in [0, 0.1) is 6.92 Å². The number of fused-ring (bicyclic) bond motifs is 1. The number of halogens is 5. The van der Waals surface area contributed by atoms with E-state index in [1.807, 2.05) is 12.1 Å². The average molecular weight is 481 g/mol. The van der Waals surface area contributed by atoms with E-state index in [0.717, 1.165) is 10.2 Å². The number of rotatable bonds is 7. The Hall–Kier alpha value is -3.47. The molecule has 0 aliphatic rings. The molecular weight excluding hydrogens is 464 g/mol. The molecule has 7 nitrogen and oxygen atoms in total. The Bertz CT molecular complexity index is 1300. The summed E-state index contributed by atoms with van der Waals surface area (Å²) in [4.78, 5) is 16.3. The fourth-order valence-corrected chi connectivity index (χ4v) is 3.54. The maximum atomic E-state index is 13.5. The highest BCUT2D eigenvalue weighted by Gasteiger charge is 2.24. The molecule has 1 N–H and O–H groups in total. The normalized spacial score (nSPS) is 11.6. The third kappa shape index (κ3) is 4.98. The number of hydrogen-bond donors (Lipinski definition) is 1. The number of amides is 1. The zero-order chi connectivity index (χ0) is 23.7. The lowest BCUT2D eigenvalue weighted by molar-refractivity contribution is -0.116. The van der Waals surface area contributed by atoms with Crippen molar-refractivity contribution >= 4 is 34.4 Å². The van der Waals surface area contributed by atoms with Gasteiger partial charge in [-0.15, -0.1) is 0 Å². The summed E-state index contributed by atoms with van der Waals surface area (Å²) in [5.41, 5.74) is -0.493. The molecule has 0 fully saturated rings. The van der Waals surface area contributed by atoms with Gasteiger partial charge in [-0.25, -0.2) is 27.2 Å². The second kappa shape index (κ2) is 9.18. The van der Waals surface area contributed by atoms with Gasteiger partial charge in [0.25, 0.3) is 12.9 Å². The van der Waals surface area contributed by atoms with Crippen molar-refractivity contribution < 1.29 is 22.4 Å². The van der Waals surface area contributed by atoms with Gasteiger partial charge in [-0.1, -0.05) is 23.7 Å². The van der Waals surface area contributed by atoms with Gasteiger partial charge in [0.1, 0.15) is 12.2 Å². The van der Waals surface area contributed by atoms with Crippen LogP contribution in [0.15, 0.2) is 42.6 Å². The van der Waals surface area contributed by atoms with E-state index in [1.54, 1.807) is 29.1 Å². The molecule has 0 spiro atoms. The monoisotopic (exact) mass is 480 g/mol. The highest BCUT2D eigenvalue weighted by molar-refractivity contribution is 6.30. The summed E-state index contributed by atoms with van der Waals surface area (Å²) in [5, 5.41) is 11.5. The highest BCUT2D eigenvalue weighted by atomic mass is 35.5. The van der Waals surface area contributed by atoms with E-state index in [2.05, 4.69) is 20.5 Å². The first-order chi connectivity index (χ1) is 15.7. The number of aromatic nitrogens is 5. The van der Waals surface area contributed by atoms with Crippen LogP contribution in [0.4, 0.5) is 23.4 Å². The number of anilines is 1. The standard InChI is InChI=1S/C21H17ClF4N6O/c1-11-18-14(19(23)24)8-15(20(25)26)27-21(18)32(29-11)10-17(33)28-16-6-7-31(30-16)9-12-2-4-13(22)5-3-12/h2-8,19-20H,9-10H2,1H3,(H,28,30,33). The van der Waals surface area contributed by atoms with E-state index in [0.29, 0.717) is 17.6 Å². The molecule has 4 rings (SSSR count). The van der Waals surface area contributed by atoms with Crippen molar-refractivity contribution in [3.05, 3.63) is 70.1 Å². The minimum Gasteiger partial charge on any atom is -0.308 e. The Morgan fingerprint density at radius 2 is 1.82 bits per heavy atom. The molecule has 0 unspecified atom stereocenters. The number of nitrogens with one attached hydrogen (secondary N) is 1. The van der Waals surface area contributed by atoms with Crippen LogP contribution in [0.25, 0.3) is 11.0 Å². The summed E-state index contributed by atoms with van der Waals surface area (Å²) in [7, 11) is 0. The van der Waals surface area contributed by atoms with Crippen molar-refractivity contribution in [2.24, 2.45) is 0 Å². The predicted molar refractivity (Wildman–Crippen MR) is 114 cm³/mol. The van der Waals surface area contributed by atoms with Gasteiger partial charge in [-0.3, -0.25) is 9.48 Å². The number of carbonyl (C=O) groups is 1. The topological polar surface area (TPSA) is 77.6 Å². The van der Waals surface area contributed by atoms with Crippen LogP contribution in [0.1, 0.15) is 35.4 Å². The number of hydrogen-bond acceptors (Lipinski definition) is 4. The van der Waals surface area contributed by atoms with Gasteiger partial charge < -0.3 is 5.32 Å². The van der Waals surface area contributed by atoms with Gasteiger partial charge in [0.05, 0.1) is 17.6 Å². The van der Waals surface area contributed by atoms with Crippen molar-refractivity contribution in [2.75, 3.05) is 5.32 Å². The van der Waals surface area contributed by atoms with E-state index < -0.39 is 36.6 Å². The molecule has 33 heavy (non-hydrogen) atoms. The molecule has 4 aromatic rings. The van der Waals surface area contributed by atoms with Crippen LogP contribution in [0.2, 0.25) is 5.02 Å². The summed E-state index contributed by atoms with van der Waals surface area (Å²) in [6, 6.07) is 9.47. The SMILES string of the molecule is Cc1nn(CC(=O)Nc2ccn(Cc3ccc(Cl)cc3)n2)c2nc(C(F)F)cc(C(F)F)c12. The van der Waals surface area contributed by atoms with Gasteiger partial charge >= 0.3 is 0 Å². The van der Waals surface area contributed by atoms with E-state index in [9.17, 15) is 22.4 Å². The molecule has 0 aliphatic heterocycles. The summed E-state index contributed by atoms with van der Waals surface area (Å²) in [6.07, 6.45) is -4.37. The first-order valence-electron chi connectivity index (χ1n) is 9.73. The zero-order valence-corrected chi connectivity index (χ0v) is 17.9. The van der Waals surface area contributed by atoms with E-state index in [4.69, 9.17) is 11.6 Å². The smallest absolute Gasteiger partial charge is 0.280 e. The van der Waals surface area contributed by atoms with Gasteiger partial charge in [-0.05, 0) is 30.7 Å². The predicted octanol–water partition coefficient (Wildman–Crippen LogP) is 5.15. The van der Waals surface area contributed by atoms with Gasteiger partial charge in [0.2, 0.25) is 5.91 Å². The van der Waals surface area contributed by atoms with E-state index in [-0.39, 0.29) is 22.5 Å². The maximum Gasteiger partial charge on any atom is 0.280 e. The quantitative estimate of drug-likeness (QED) is 0.371. The fraction of sp³-hybridized carbons (Fsp3) is 0.238. The summed E-state index contributed by atoms with van der Waals surface area (Å²) in [5.74, 6) is -0.310. The molecule has 12 heteroatoms. The molecule has 0 radical (unpaired) electrons. The molecule has 0 atom stereocenters. The largest absolute Gasteiger partial charge is 0.308 e. The molecule has 3 aromatic heterocycles. The molecular formula is C21H17ClF4N6O. The van der Waals surface area contributed by atoms with Crippen LogP contribution >= 0.6 is 11.6 Å². The molecule has 0 bridgehead atoms. The van der Waals surface area contributed by atoms with Crippen LogP contribution in [-0.4, -0.2) is 30.5 Å². The van der Waals surface area contributed by atoms with Gasteiger partial charge in [-0.2, -0.15) is 10.2 Å². The molecule has 0 aliphatic carbocycles. The lowest BCUT2D eigenvalue weighted by Gasteiger charge is -2.08. The Labute approximate surface area is 190 Å². The average Bonchev–Trinajstić information content (AvgIpc) is 3.32. The molecule has 0 saturated heterocycles. The first kappa shape index (κ1) is 22.7. The van der Waals surface area contributed by atoms with Crippen LogP contribution in [0.5, 0.6) is 0 Å². The molecule has 0 saturated carbocycles. The van der Waals surface area contributed by atoms with E-state index >= 15 is 0 Å². The van der Waals surface area contributed by atoms with Crippen molar-refractivity contribution in [2.45, 2.75) is 32.9 Å². The van der Waals surface area contributed by atoms with Crippen molar-refractivity contribution in [1.82, 2.24) is 24.5 Å². The number of alkyl halides is 4. The number of aryl methyl sites for hydroxylation is 1. The number of nitrogens with zero attached hydrogens (tertiary/aromatic N) is 5. The lowest BCUT2D eigenvalue weighted by Crippen LogP contribution is -2.20. The Kier molecular flexibility index (Phi) is 6.32. The lowest BCUT2D eigenvalue weighted by atomic mass is 10.1. The van der Waals surface area contributed by atoms with Gasteiger partial charge in [0.15, 0.2) is 11.5 Å². The Balaban J connectivity index is 1.52. The number of pyridine rings is 1. The zero-order valence-electron chi connectivity index (χ0n) is 17.1. The first-order valence-corrected chi connectivity index (χ1v) is 10.1. The van der Waals surface area contributed by atoms with Gasteiger partial charge in [0, 0.05) is 22.8 Å². The highest BCUT2D eigenvalue weighted by Crippen LogP contribution is 2.32. The Morgan fingerprint density at radius 1 is 1.09 bits per heavy atom. The number of carbonyl (C=O) groups excluding carboxylic acids is 1. The second-order valence-corrected chi connectivity index (χ2v) is 7.69. The molecule has 3 heterocycles. The third-order valence-corrected chi connectivity index (χ3v) is 5.10. The summed E-state index contributed by atoms with van der Waals surface area (Å²) < 4.78 is 55.9. The van der Waals surface area contributed by atoms with Crippen LogP contribution in [0.3, 0.4) is 0 Å². The van der Waals surface area contributed by atoms with E-state index in [1.165, 1.54) is 6.92 Å². The third-order valence-electron chi connectivity index (χ3n) is 4.85. The fourth-order valence-electron chi connectivity index (χ4n) is 3.41. The molecule has 172 valence electrons. The molecule has 1 aromatic carbocycles. The minimum atomic E-state index is -3.05.